The molecular formula is C12H12BrN3S2. The average molecular weight is 342 g/mol. The minimum absolute atomic E-state index is 0.833. The highest BCUT2D eigenvalue weighted by Gasteiger charge is 2.20. The molecule has 1 N–H and O–H groups in total. The predicted molar refractivity (Wildman–Crippen MR) is 82.3 cm³/mol. The van der Waals surface area contributed by atoms with Crippen LogP contribution >= 0.6 is 39.0 Å². The summed E-state index contributed by atoms with van der Waals surface area (Å²) in [7, 11) is 1.92. The zero-order chi connectivity index (χ0) is 12.7. The summed E-state index contributed by atoms with van der Waals surface area (Å²) in [6.07, 6.45) is 0. The van der Waals surface area contributed by atoms with Gasteiger partial charge in [-0.25, -0.2) is 9.97 Å². The molecule has 0 saturated carbocycles. The molecule has 3 rings (SSSR count). The van der Waals surface area contributed by atoms with Gasteiger partial charge in [0.15, 0.2) is 5.82 Å². The number of thioether (sulfide) groups is 1. The molecule has 0 bridgehead atoms. The number of hydrogen-bond donors (Lipinski definition) is 1. The monoisotopic (exact) mass is 341 g/mol. The van der Waals surface area contributed by atoms with Crippen molar-refractivity contribution in [1.29, 1.82) is 0 Å². The van der Waals surface area contributed by atoms with Crippen LogP contribution in [-0.4, -0.2) is 17.0 Å². The summed E-state index contributed by atoms with van der Waals surface area (Å²) in [5, 5.41) is 3.19. The fourth-order valence-electron chi connectivity index (χ4n) is 1.94. The third kappa shape index (κ3) is 2.06. The lowest BCUT2D eigenvalue weighted by Crippen LogP contribution is -2.02. The van der Waals surface area contributed by atoms with E-state index in [-0.39, 0.29) is 0 Å². The number of rotatable bonds is 2. The molecule has 2 aromatic heterocycles. The number of nitrogens with one attached hydrogen (secondary N) is 1. The van der Waals surface area contributed by atoms with Gasteiger partial charge in [0, 0.05) is 33.5 Å². The minimum atomic E-state index is 0.833. The van der Waals surface area contributed by atoms with E-state index >= 15 is 0 Å². The first-order valence-corrected chi connectivity index (χ1v) is 8.37. The lowest BCUT2D eigenvalue weighted by atomic mass is 10.2. The summed E-state index contributed by atoms with van der Waals surface area (Å²) in [5.41, 5.74) is 2.44. The van der Waals surface area contributed by atoms with Gasteiger partial charge in [0.2, 0.25) is 0 Å². The molecule has 0 saturated heterocycles. The van der Waals surface area contributed by atoms with Crippen molar-refractivity contribution in [3.05, 3.63) is 26.7 Å². The number of hydrogen-bond acceptors (Lipinski definition) is 5. The summed E-state index contributed by atoms with van der Waals surface area (Å²) < 4.78 is 1.13. The average Bonchev–Trinajstić information content (AvgIpc) is 2.95. The quantitative estimate of drug-likeness (QED) is 0.893. The Morgan fingerprint density at radius 2 is 2.17 bits per heavy atom. The molecule has 0 aliphatic carbocycles. The first-order valence-electron chi connectivity index (χ1n) is 5.60. The zero-order valence-corrected chi connectivity index (χ0v) is 13.3. The van der Waals surface area contributed by atoms with E-state index in [9.17, 15) is 0 Å². The van der Waals surface area contributed by atoms with Crippen LogP contribution in [0.4, 0.5) is 5.82 Å². The van der Waals surface area contributed by atoms with E-state index in [0.717, 1.165) is 32.5 Å². The van der Waals surface area contributed by atoms with Crippen molar-refractivity contribution in [3.63, 3.8) is 0 Å². The molecule has 3 nitrogen and oxygen atoms in total. The Bertz CT molecular complexity index is 590. The van der Waals surface area contributed by atoms with Crippen molar-refractivity contribution in [3.8, 4) is 10.7 Å². The van der Waals surface area contributed by atoms with Crippen molar-refractivity contribution in [2.24, 2.45) is 0 Å². The number of fused-ring (bicyclic) bond motifs is 1. The van der Waals surface area contributed by atoms with Crippen LogP contribution < -0.4 is 5.32 Å². The van der Waals surface area contributed by atoms with Gasteiger partial charge in [0.1, 0.15) is 5.82 Å². The number of anilines is 1. The molecule has 0 unspecified atom stereocenters. The summed E-state index contributed by atoms with van der Waals surface area (Å²) in [5.74, 6) is 3.81. The fraction of sp³-hybridized carbons (Fsp3) is 0.333. The van der Waals surface area contributed by atoms with Crippen LogP contribution in [-0.2, 0) is 11.5 Å². The minimum Gasteiger partial charge on any atom is -0.373 e. The van der Waals surface area contributed by atoms with Gasteiger partial charge < -0.3 is 5.32 Å². The number of halogens is 1. The standard InChI is InChI=1S/C12H12BrN3S2/c1-6-8(13)3-10(18-6)12-15-9-5-17-4-7(9)11(14-2)16-12/h3H,4-5H2,1-2H3,(H,14,15,16). The molecule has 0 fully saturated rings. The van der Waals surface area contributed by atoms with Crippen LogP contribution in [0.5, 0.6) is 0 Å². The Kier molecular flexibility index (Phi) is 3.34. The van der Waals surface area contributed by atoms with E-state index < -0.39 is 0 Å². The van der Waals surface area contributed by atoms with Crippen molar-refractivity contribution < 1.29 is 0 Å². The molecule has 2 aromatic rings. The van der Waals surface area contributed by atoms with Crippen LogP contribution in [0.25, 0.3) is 10.7 Å². The van der Waals surface area contributed by atoms with Crippen LogP contribution in [0.2, 0.25) is 0 Å². The molecule has 3 heterocycles. The van der Waals surface area contributed by atoms with Gasteiger partial charge in [-0.3, -0.25) is 0 Å². The molecule has 6 heteroatoms. The number of nitrogens with zero attached hydrogens (tertiary/aromatic N) is 2. The molecule has 94 valence electrons. The molecular weight excluding hydrogens is 330 g/mol. The number of aryl methyl sites for hydroxylation is 1. The highest BCUT2D eigenvalue weighted by atomic mass is 79.9. The van der Waals surface area contributed by atoms with E-state index in [0.29, 0.717) is 0 Å². The van der Waals surface area contributed by atoms with Crippen molar-refractivity contribution in [2.75, 3.05) is 12.4 Å². The van der Waals surface area contributed by atoms with Gasteiger partial charge in [0.05, 0.1) is 10.6 Å². The first-order chi connectivity index (χ1) is 8.69. The highest BCUT2D eigenvalue weighted by molar-refractivity contribution is 9.10. The molecule has 18 heavy (non-hydrogen) atoms. The van der Waals surface area contributed by atoms with Crippen LogP contribution in [0.1, 0.15) is 16.1 Å². The summed E-state index contributed by atoms with van der Waals surface area (Å²) in [6, 6.07) is 2.10. The fourth-order valence-corrected chi connectivity index (χ4v) is 4.45. The smallest absolute Gasteiger partial charge is 0.171 e. The SMILES string of the molecule is CNc1nc(-c2cc(Br)c(C)s2)nc2c1CSC2. The molecule has 1 aliphatic rings. The third-order valence-electron chi connectivity index (χ3n) is 2.89. The Balaban J connectivity index is 2.13. The Labute approximate surface area is 123 Å². The maximum atomic E-state index is 4.70. The lowest BCUT2D eigenvalue weighted by molar-refractivity contribution is 1.08. The van der Waals surface area contributed by atoms with Crippen molar-refractivity contribution in [1.82, 2.24) is 9.97 Å². The second kappa shape index (κ2) is 4.83. The zero-order valence-electron chi connectivity index (χ0n) is 10.1. The van der Waals surface area contributed by atoms with Gasteiger partial charge in [0.25, 0.3) is 0 Å². The largest absolute Gasteiger partial charge is 0.373 e. The predicted octanol–water partition coefficient (Wildman–Crippen LogP) is 4.06. The van der Waals surface area contributed by atoms with Gasteiger partial charge in [-0.15, -0.1) is 11.3 Å². The Hall–Kier alpha value is -0.590. The molecule has 0 spiro atoms. The Morgan fingerprint density at radius 3 is 2.83 bits per heavy atom. The van der Waals surface area contributed by atoms with Gasteiger partial charge in [-0.1, -0.05) is 0 Å². The summed E-state index contributed by atoms with van der Waals surface area (Å²) in [4.78, 5) is 11.7. The van der Waals surface area contributed by atoms with Crippen molar-refractivity contribution >= 4 is 44.8 Å². The molecule has 0 aromatic carbocycles. The van der Waals surface area contributed by atoms with E-state index in [4.69, 9.17) is 4.98 Å². The maximum Gasteiger partial charge on any atom is 0.171 e. The third-order valence-corrected chi connectivity index (χ3v) is 6.00. The van der Waals surface area contributed by atoms with E-state index in [1.165, 1.54) is 16.1 Å². The number of aromatic nitrogens is 2. The van der Waals surface area contributed by atoms with Crippen molar-refractivity contribution in [2.45, 2.75) is 18.4 Å². The second-order valence-electron chi connectivity index (χ2n) is 4.08. The molecule has 0 amide bonds. The summed E-state index contributed by atoms with van der Waals surface area (Å²) in [6.45, 7) is 2.10. The van der Waals surface area contributed by atoms with Gasteiger partial charge in [-0.05, 0) is 28.9 Å². The van der Waals surface area contributed by atoms with Crippen LogP contribution in [0.3, 0.4) is 0 Å². The topological polar surface area (TPSA) is 37.8 Å². The van der Waals surface area contributed by atoms with Crippen LogP contribution in [0.15, 0.2) is 10.5 Å². The summed E-state index contributed by atoms with van der Waals surface area (Å²) >= 11 is 7.17. The van der Waals surface area contributed by atoms with Gasteiger partial charge >= 0.3 is 0 Å². The van der Waals surface area contributed by atoms with Crippen LogP contribution in [0, 0.1) is 6.92 Å². The first kappa shape index (κ1) is 12.4. The highest BCUT2D eigenvalue weighted by Crippen LogP contribution is 2.37. The second-order valence-corrected chi connectivity index (χ2v) is 7.17. The normalized spacial score (nSPS) is 13.7. The lowest BCUT2D eigenvalue weighted by Gasteiger charge is -2.07. The molecule has 1 aliphatic heterocycles. The van der Waals surface area contributed by atoms with E-state index in [2.05, 4.69) is 39.2 Å². The van der Waals surface area contributed by atoms with E-state index in [1.54, 1.807) is 11.3 Å². The Morgan fingerprint density at radius 1 is 1.33 bits per heavy atom. The molecule has 0 atom stereocenters. The number of thiophene rings is 1. The maximum absolute atomic E-state index is 4.70. The van der Waals surface area contributed by atoms with Gasteiger partial charge in [-0.2, -0.15) is 11.8 Å². The van der Waals surface area contributed by atoms with E-state index in [1.807, 2.05) is 18.8 Å². The molecule has 0 radical (unpaired) electrons.